The molecule has 23 heavy (non-hydrogen) atoms. The van der Waals surface area contributed by atoms with Gasteiger partial charge in [-0.15, -0.1) is 12.4 Å². The van der Waals surface area contributed by atoms with Crippen LogP contribution >= 0.6 is 12.4 Å². The lowest BCUT2D eigenvalue weighted by Crippen LogP contribution is -2.57. The van der Waals surface area contributed by atoms with E-state index in [1.54, 1.807) is 11.8 Å². The van der Waals surface area contributed by atoms with Crippen molar-refractivity contribution >= 4 is 28.3 Å². The van der Waals surface area contributed by atoms with Crippen molar-refractivity contribution in [2.45, 2.75) is 37.8 Å². The molecule has 2 unspecified atom stereocenters. The number of carbonyl (C=O) groups excluding carboxylic acids is 1. The largest absolute Gasteiger partial charge is 0.455 e. The second-order valence-corrected chi connectivity index (χ2v) is 7.92. The Bertz CT molecular complexity index is 672. The molecular formula is C14H24ClN3O4S. The summed E-state index contributed by atoms with van der Waals surface area (Å²) in [7, 11) is -0.723. The van der Waals surface area contributed by atoms with Crippen LogP contribution in [0.25, 0.3) is 0 Å². The van der Waals surface area contributed by atoms with Gasteiger partial charge >= 0.3 is 0 Å². The minimum absolute atomic E-state index is 0. The van der Waals surface area contributed by atoms with E-state index in [0.29, 0.717) is 13.1 Å². The summed E-state index contributed by atoms with van der Waals surface area (Å²) in [5.74, 6) is 0.0240. The van der Waals surface area contributed by atoms with Gasteiger partial charge in [0.2, 0.25) is 10.0 Å². The van der Waals surface area contributed by atoms with Crippen molar-refractivity contribution in [1.82, 2.24) is 14.5 Å². The van der Waals surface area contributed by atoms with E-state index < -0.39 is 10.0 Å². The molecular weight excluding hydrogens is 342 g/mol. The zero-order valence-electron chi connectivity index (χ0n) is 14.0. The van der Waals surface area contributed by atoms with Gasteiger partial charge in [-0.3, -0.25) is 4.79 Å². The second-order valence-electron chi connectivity index (χ2n) is 5.80. The molecule has 0 spiro atoms. The average molecular weight is 366 g/mol. The van der Waals surface area contributed by atoms with Crippen LogP contribution in [0, 0.1) is 6.92 Å². The van der Waals surface area contributed by atoms with Gasteiger partial charge < -0.3 is 14.6 Å². The van der Waals surface area contributed by atoms with Gasteiger partial charge in [-0.2, -0.15) is 0 Å². The van der Waals surface area contributed by atoms with Crippen LogP contribution < -0.4 is 5.32 Å². The number of halogens is 1. The zero-order chi connectivity index (χ0) is 16.7. The molecule has 0 aromatic carbocycles. The van der Waals surface area contributed by atoms with Gasteiger partial charge in [-0.05, 0) is 20.8 Å². The molecule has 1 aromatic heterocycles. The van der Waals surface area contributed by atoms with E-state index in [2.05, 4.69) is 5.32 Å². The molecule has 0 aliphatic carbocycles. The topological polar surface area (TPSA) is 82.9 Å². The highest BCUT2D eigenvalue weighted by Gasteiger charge is 2.32. The molecule has 1 aliphatic heterocycles. The van der Waals surface area contributed by atoms with Crippen LogP contribution in [0.4, 0.5) is 0 Å². The standard InChI is InChI=1S/C14H23N3O4S.ClH/c1-9-10(2)17(7-6-15-9)14(18)12-8-13(11(3)21-12)22(19,20)16(4)5;/h8-10,15H,6-7H2,1-5H3;1H. The minimum Gasteiger partial charge on any atom is -0.455 e. The molecule has 0 radical (unpaired) electrons. The van der Waals surface area contributed by atoms with E-state index >= 15 is 0 Å². The first-order valence-electron chi connectivity index (χ1n) is 7.23. The van der Waals surface area contributed by atoms with Crippen molar-refractivity contribution in [1.29, 1.82) is 0 Å². The molecule has 0 bridgehead atoms. The number of carbonyl (C=O) groups is 1. The number of piperazine rings is 1. The van der Waals surface area contributed by atoms with Gasteiger partial charge in [-0.25, -0.2) is 12.7 Å². The fraction of sp³-hybridized carbons (Fsp3) is 0.643. The molecule has 2 rings (SSSR count). The van der Waals surface area contributed by atoms with Crippen molar-refractivity contribution in [2.24, 2.45) is 0 Å². The van der Waals surface area contributed by atoms with Crippen LogP contribution in [0.2, 0.25) is 0 Å². The number of nitrogens with zero attached hydrogens (tertiary/aromatic N) is 2. The predicted molar refractivity (Wildman–Crippen MR) is 89.5 cm³/mol. The maximum absolute atomic E-state index is 12.6. The van der Waals surface area contributed by atoms with Gasteiger partial charge in [0.05, 0.1) is 0 Å². The fourth-order valence-electron chi connectivity index (χ4n) is 2.51. The molecule has 2 heterocycles. The van der Waals surface area contributed by atoms with Crippen molar-refractivity contribution in [2.75, 3.05) is 27.2 Å². The summed E-state index contributed by atoms with van der Waals surface area (Å²) in [5.41, 5.74) is 0. The third-order valence-corrected chi connectivity index (χ3v) is 6.06. The number of furan rings is 1. The molecule has 0 saturated carbocycles. The third-order valence-electron chi connectivity index (χ3n) is 4.14. The van der Waals surface area contributed by atoms with Gasteiger partial charge in [0.25, 0.3) is 5.91 Å². The van der Waals surface area contributed by atoms with Crippen molar-refractivity contribution in [3.63, 3.8) is 0 Å². The normalized spacial score (nSPS) is 22.1. The first kappa shape index (κ1) is 20.0. The maximum Gasteiger partial charge on any atom is 0.289 e. The predicted octanol–water partition coefficient (Wildman–Crippen LogP) is 1.08. The van der Waals surface area contributed by atoms with Gasteiger partial charge in [0.1, 0.15) is 10.7 Å². The molecule has 1 N–H and O–H groups in total. The lowest BCUT2D eigenvalue weighted by molar-refractivity contribution is 0.0569. The smallest absolute Gasteiger partial charge is 0.289 e. The zero-order valence-corrected chi connectivity index (χ0v) is 15.6. The second kappa shape index (κ2) is 7.21. The number of hydrogen-bond acceptors (Lipinski definition) is 5. The maximum atomic E-state index is 12.6. The number of sulfonamides is 1. The molecule has 9 heteroatoms. The fourth-order valence-corrected chi connectivity index (χ4v) is 3.56. The first-order valence-corrected chi connectivity index (χ1v) is 8.67. The van der Waals surface area contributed by atoms with Crippen molar-refractivity contribution in [3.05, 3.63) is 17.6 Å². The molecule has 1 aromatic rings. The summed E-state index contributed by atoms with van der Waals surface area (Å²) < 4.78 is 31.0. The van der Waals surface area contributed by atoms with E-state index in [-0.39, 0.29) is 46.8 Å². The number of aryl methyl sites for hydroxylation is 1. The number of amides is 1. The van der Waals surface area contributed by atoms with Crippen molar-refractivity contribution < 1.29 is 17.6 Å². The Labute approximate surface area is 143 Å². The first-order chi connectivity index (χ1) is 10.2. The Morgan fingerprint density at radius 1 is 1.39 bits per heavy atom. The van der Waals surface area contributed by atoms with Crippen LogP contribution in [-0.4, -0.2) is 62.8 Å². The van der Waals surface area contributed by atoms with Crippen LogP contribution in [0.3, 0.4) is 0 Å². The lowest BCUT2D eigenvalue weighted by Gasteiger charge is -2.38. The lowest BCUT2D eigenvalue weighted by atomic mass is 10.1. The third kappa shape index (κ3) is 3.71. The Hall–Kier alpha value is -1.09. The van der Waals surface area contributed by atoms with E-state index in [9.17, 15) is 13.2 Å². The van der Waals surface area contributed by atoms with E-state index in [1.165, 1.54) is 20.2 Å². The molecule has 1 amide bonds. The Kier molecular flexibility index (Phi) is 6.25. The Balaban J connectivity index is 0.00000264. The van der Waals surface area contributed by atoms with E-state index in [1.807, 2.05) is 13.8 Å². The van der Waals surface area contributed by atoms with Crippen molar-refractivity contribution in [3.8, 4) is 0 Å². The van der Waals surface area contributed by atoms with Gasteiger partial charge in [0, 0.05) is 45.3 Å². The monoisotopic (exact) mass is 365 g/mol. The molecule has 2 atom stereocenters. The van der Waals surface area contributed by atoms with E-state index in [0.717, 1.165) is 4.31 Å². The Morgan fingerprint density at radius 2 is 2.00 bits per heavy atom. The highest BCUT2D eigenvalue weighted by atomic mass is 35.5. The molecule has 1 fully saturated rings. The number of hydrogen-bond donors (Lipinski definition) is 1. The molecule has 1 saturated heterocycles. The SMILES string of the molecule is Cc1oc(C(=O)N2CCNC(C)C2C)cc1S(=O)(=O)N(C)C.Cl. The summed E-state index contributed by atoms with van der Waals surface area (Å²) in [5, 5.41) is 3.30. The van der Waals surface area contributed by atoms with Gasteiger partial charge in [0.15, 0.2) is 5.76 Å². The highest BCUT2D eigenvalue weighted by molar-refractivity contribution is 7.89. The average Bonchev–Trinajstić information content (AvgIpc) is 2.83. The highest BCUT2D eigenvalue weighted by Crippen LogP contribution is 2.24. The summed E-state index contributed by atoms with van der Waals surface area (Å²) in [6.45, 7) is 6.80. The van der Waals surface area contributed by atoms with Crippen LogP contribution in [-0.2, 0) is 10.0 Å². The summed E-state index contributed by atoms with van der Waals surface area (Å²) in [6.07, 6.45) is 0. The molecule has 1 aliphatic rings. The Morgan fingerprint density at radius 3 is 2.57 bits per heavy atom. The quantitative estimate of drug-likeness (QED) is 0.866. The molecule has 7 nitrogen and oxygen atoms in total. The van der Waals surface area contributed by atoms with E-state index in [4.69, 9.17) is 4.42 Å². The van der Waals surface area contributed by atoms with Gasteiger partial charge in [-0.1, -0.05) is 0 Å². The summed E-state index contributed by atoms with van der Waals surface area (Å²) in [6, 6.07) is 1.52. The van der Waals surface area contributed by atoms with Crippen LogP contribution in [0.15, 0.2) is 15.4 Å². The van der Waals surface area contributed by atoms with Crippen LogP contribution in [0.1, 0.15) is 30.2 Å². The summed E-state index contributed by atoms with van der Waals surface area (Å²) >= 11 is 0. The number of nitrogens with one attached hydrogen (secondary N) is 1. The minimum atomic E-state index is -3.62. The van der Waals surface area contributed by atoms with Crippen LogP contribution in [0.5, 0.6) is 0 Å². The number of rotatable bonds is 3. The molecule has 132 valence electrons. The summed E-state index contributed by atoms with van der Waals surface area (Å²) in [4.78, 5) is 14.4.